The van der Waals surface area contributed by atoms with Gasteiger partial charge in [-0.25, -0.2) is 15.0 Å². The Morgan fingerprint density at radius 1 is 1.39 bits per heavy atom. The molecule has 1 N–H and O–H groups in total. The molecule has 0 bridgehead atoms. The summed E-state index contributed by atoms with van der Waals surface area (Å²) in [6.07, 6.45) is 3.42. The zero-order chi connectivity index (χ0) is 15.6. The summed E-state index contributed by atoms with van der Waals surface area (Å²) >= 11 is 3.13. The molecule has 0 unspecified atom stereocenters. The van der Waals surface area contributed by atoms with E-state index >= 15 is 0 Å². The van der Waals surface area contributed by atoms with Crippen molar-refractivity contribution in [1.82, 2.24) is 20.3 Å². The van der Waals surface area contributed by atoms with Gasteiger partial charge in [0.2, 0.25) is 5.91 Å². The first kappa shape index (κ1) is 14.5. The first-order valence-corrected chi connectivity index (χ1v) is 9.25. The van der Waals surface area contributed by atoms with Crippen LogP contribution in [0.4, 0.5) is 5.82 Å². The summed E-state index contributed by atoms with van der Waals surface area (Å²) in [6, 6.07) is 1.85. The lowest BCUT2D eigenvalue weighted by molar-refractivity contribution is -0.122. The van der Waals surface area contributed by atoms with Gasteiger partial charge in [-0.1, -0.05) is 0 Å². The number of carbonyl (C=O) groups is 1. The lowest BCUT2D eigenvalue weighted by Crippen LogP contribution is -2.43. The fourth-order valence-electron chi connectivity index (χ4n) is 2.92. The minimum atomic E-state index is -0.174. The molecule has 0 spiro atoms. The van der Waals surface area contributed by atoms with Gasteiger partial charge in [-0.3, -0.25) is 4.79 Å². The smallest absolute Gasteiger partial charge is 0.243 e. The minimum Gasteiger partial charge on any atom is -0.349 e. The Hall–Kier alpha value is -2.06. The number of carbonyl (C=O) groups excluding carboxylic acids is 1. The van der Waals surface area contributed by atoms with Crippen LogP contribution in [0, 0.1) is 0 Å². The Balaban J connectivity index is 1.54. The molecule has 4 heterocycles. The number of amides is 1. The SMILES string of the molecule is O=C(NCc1cscn1)[C@@H]1CCCN1c1ncnc2sccc12. The van der Waals surface area contributed by atoms with Gasteiger partial charge in [0, 0.05) is 11.9 Å². The minimum absolute atomic E-state index is 0.0393. The largest absolute Gasteiger partial charge is 0.349 e. The molecule has 1 saturated heterocycles. The standard InChI is InChI=1S/C15H15N5OS2/c21-14(16-6-10-7-22-9-19-10)12-2-1-4-20(12)13-11-3-5-23-15(11)18-8-17-13/h3,5,7-9,12H,1-2,4,6H2,(H,16,21)/t12-/m0/s1. The lowest BCUT2D eigenvalue weighted by atomic mass is 10.2. The van der Waals surface area contributed by atoms with Gasteiger partial charge in [0.1, 0.15) is 23.0 Å². The maximum Gasteiger partial charge on any atom is 0.243 e. The Labute approximate surface area is 141 Å². The number of rotatable bonds is 4. The maximum absolute atomic E-state index is 12.6. The summed E-state index contributed by atoms with van der Waals surface area (Å²) < 4.78 is 0. The summed E-state index contributed by atoms with van der Waals surface area (Å²) in [5.74, 6) is 0.903. The van der Waals surface area contributed by atoms with Crippen molar-refractivity contribution in [3.05, 3.63) is 34.4 Å². The van der Waals surface area contributed by atoms with Crippen LogP contribution in [-0.2, 0) is 11.3 Å². The van der Waals surface area contributed by atoms with Gasteiger partial charge >= 0.3 is 0 Å². The van der Waals surface area contributed by atoms with E-state index in [9.17, 15) is 4.79 Å². The molecular formula is C15H15N5OS2. The summed E-state index contributed by atoms with van der Waals surface area (Å²) in [6.45, 7) is 1.32. The second-order valence-electron chi connectivity index (χ2n) is 5.39. The highest BCUT2D eigenvalue weighted by molar-refractivity contribution is 7.16. The van der Waals surface area contributed by atoms with Crippen LogP contribution in [0.1, 0.15) is 18.5 Å². The van der Waals surface area contributed by atoms with Crippen molar-refractivity contribution in [2.75, 3.05) is 11.4 Å². The van der Waals surface area contributed by atoms with Crippen LogP contribution in [0.25, 0.3) is 10.2 Å². The predicted octanol–water partition coefficient (Wildman–Crippen LogP) is 2.43. The first-order chi connectivity index (χ1) is 11.3. The Morgan fingerprint density at radius 3 is 3.22 bits per heavy atom. The molecule has 1 fully saturated rings. The van der Waals surface area contributed by atoms with Gasteiger partial charge in [-0.05, 0) is 24.3 Å². The molecule has 3 aromatic heterocycles. The summed E-state index contributed by atoms with van der Waals surface area (Å²) in [7, 11) is 0. The lowest BCUT2D eigenvalue weighted by Gasteiger charge is -2.25. The number of hydrogen-bond donors (Lipinski definition) is 1. The van der Waals surface area contributed by atoms with Crippen LogP contribution in [0.3, 0.4) is 0 Å². The van der Waals surface area contributed by atoms with Crippen molar-refractivity contribution in [3.8, 4) is 0 Å². The van der Waals surface area contributed by atoms with E-state index in [1.54, 1.807) is 23.2 Å². The van der Waals surface area contributed by atoms with E-state index in [-0.39, 0.29) is 11.9 Å². The van der Waals surface area contributed by atoms with Crippen LogP contribution >= 0.6 is 22.7 Å². The number of thiophene rings is 1. The van der Waals surface area contributed by atoms with E-state index in [1.807, 2.05) is 16.8 Å². The third kappa shape index (κ3) is 2.79. The third-order valence-corrected chi connectivity index (χ3v) is 5.45. The molecule has 6 nitrogen and oxygen atoms in total. The molecule has 0 radical (unpaired) electrons. The summed E-state index contributed by atoms with van der Waals surface area (Å²) in [4.78, 5) is 28.6. The molecule has 23 heavy (non-hydrogen) atoms. The summed E-state index contributed by atoms with van der Waals surface area (Å²) in [5.41, 5.74) is 2.67. The second kappa shape index (κ2) is 6.21. The first-order valence-electron chi connectivity index (χ1n) is 7.42. The topological polar surface area (TPSA) is 71.0 Å². The molecule has 1 atom stereocenters. The molecule has 3 aromatic rings. The van der Waals surface area contributed by atoms with Gasteiger partial charge < -0.3 is 10.2 Å². The van der Waals surface area contributed by atoms with Crippen LogP contribution in [0.2, 0.25) is 0 Å². The molecule has 0 aromatic carbocycles. The van der Waals surface area contributed by atoms with Crippen molar-refractivity contribution in [3.63, 3.8) is 0 Å². The Kier molecular flexibility index (Phi) is 3.92. The van der Waals surface area contributed by atoms with Crippen LogP contribution < -0.4 is 10.2 Å². The van der Waals surface area contributed by atoms with E-state index in [1.165, 1.54) is 11.3 Å². The molecule has 0 aliphatic carbocycles. The van der Waals surface area contributed by atoms with E-state index in [0.717, 1.165) is 41.1 Å². The Bertz CT molecular complexity index is 816. The molecule has 0 saturated carbocycles. The highest BCUT2D eigenvalue weighted by Gasteiger charge is 2.32. The number of hydrogen-bond acceptors (Lipinski definition) is 7. The highest BCUT2D eigenvalue weighted by Crippen LogP contribution is 2.31. The van der Waals surface area contributed by atoms with E-state index in [2.05, 4.69) is 25.2 Å². The zero-order valence-corrected chi connectivity index (χ0v) is 13.9. The fourth-order valence-corrected chi connectivity index (χ4v) is 4.20. The maximum atomic E-state index is 12.6. The second-order valence-corrected chi connectivity index (χ2v) is 7.00. The number of aromatic nitrogens is 3. The zero-order valence-electron chi connectivity index (χ0n) is 12.3. The third-order valence-electron chi connectivity index (χ3n) is 4.00. The van der Waals surface area contributed by atoms with Crippen LogP contribution in [-0.4, -0.2) is 33.4 Å². The average molecular weight is 345 g/mol. The number of nitrogens with one attached hydrogen (secondary N) is 1. The monoisotopic (exact) mass is 345 g/mol. The molecule has 1 aliphatic rings. The molecule has 1 amide bonds. The quantitative estimate of drug-likeness (QED) is 0.786. The molecule has 118 valence electrons. The van der Waals surface area contributed by atoms with Crippen molar-refractivity contribution < 1.29 is 4.79 Å². The number of fused-ring (bicyclic) bond motifs is 1. The number of nitrogens with zero attached hydrogens (tertiary/aromatic N) is 4. The molecular weight excluding hydrogens is 330 g/mol. The molecule has 1 aliphatic heterocycles. The van der Waals surface area contributed by atoms with Crippen LogP contribution in [0.5, 0.6) is 0 Å². The Morgan fingerprint density at radius 2 is 2.35 bits per heavy atom. The van der Waals surface area contributed by atoms with Gasteiger partial charge in [-0.15, -0.1) is 22.7 Å². The van der Waals surface area contributed by atoms with Gasteiger partial charge in [0.05, 0.1) is 23.1 Å². The number of thiazole rings is 1. The van der Waals surface area contributed by atoms with Gasteiger partial charge in [0.15, 0.2) is 0 Å². The fraction of sp³-hybridized carbons (Fsp3) is 0.333. The van der Waals surface area contributed by atoms with E-state index in [4.69, 9.17) is 0 Å². The van der Waals surface area contributed by atoms with Crippen LogP contribution in [0.15, 0.2) is 28.7 Å². The summed E-state index contributed by atoms with van der Waals surface area (Å²) in [5, 5.41) is 7.98. The van der Waals surface area contributed by atoms with Crippen molar-refractivity contribution >= 4 is 44.6 Å². The number of anilines is 1. The van der Waals surface area contributed by atoms with E-state index < -0.39 is 0 Å². The van der Waals surface area contributed by atoms with Gasteiger partial charge in [0.25, 0.3) is 0 Å². The average Bonchev–Trinajstić information content (AvgIpc) is 3.32. The predicted molar refractivity (Wildman–Crippen MR) is 91.7 cm³/mol. The van der Waals surface area contributed by atoms with Gasteiger partial charge in [-0.2, -0.15) is 0 Å². The molecule has 8 heteroatoms. The highest BCUT2D eigenvalue weighted by atomic mass is 32.1. The molecule has 4 rings (SSSR count). The van der Waals surface area contributed by atoms with Crippen molar-refractivity contribution in [1.29, 1.82) is 0 Å². The van der Waals surface area contributed by atoms with E-state index in [0.29, 0.717) is 6.54 Å². The normalized spacial score (nSPS) is 17.7. The van der Waals surface area contributed by atoms with Crippen molar-refractivity contribution in [2.45, 2.75) is 25.4 Å². The van der Waals surface area contributed by atoms with Crippen molar-refractivity contribution in [2.24, 2.45) is 0 Å².